The van der Waals surface area contributed by atoms with Gasteiger partial charge in [-0.2, -0.15) is 0 Å². The van der Waals surface area contributed by atoms with Crippen LogP contribution in [0.5, 0.6) is 0 Å². The number of thiazole rings is 1. The molecule has 1 N–H and O–H groups in total. The summed E-state index contributed by atoms with van der Waals surface area (Å²) >= 11 is 7.56. The Morgan fingerprint density at radius 1 is 1.38 bits per heavy atom. The van der Waals surface area contributed by atoms with Gasteiger partial charge in [0.05, 0.1) is 23.9 Å². The summed E-state index contributed by atoms with van der Waals surface area (Å²) in [5, 5.41) is 6.69. The van der Waals surface area contributed by atoms with Gasteiger partial charge in [0.2, 0.25) is 0 Å². The Labute approximate surface area is 159 Å². The topological polar surface area (TPSA) is 67.6 Å². The number of nitrogens with one attached hydrogen (secondary N) is 1. The molecule has 3 aromatic rings. The van der Waals surface area contributed by atoms with Crippen LogP contribution in [0.15, 0.2) is 28.0 Å². The van der Waals surface area contributed by atoms with Crippen molar-refractivity contribution in [2.24, 2.45) is 0 Å². The van der Waals surface area contributed by atoms with E-state index in [1.165, 1.54) is 11.3 Å². The third kappa shape index (κ3) is 3.48. The summed E-state index contributed by atoms with van der Waals surface area (Å²) in [7, 11) is 0. The van der Waals surface area contributed by atoms with Gasteiger partial charge in [0.25, 0.3) is 5.91 Å². The van der Waals surface area contributed by atoms with Crippen molar-refractivity contribution in [2.75, 3.05) is 31.6 Å². The van der Waals surface area contributed by atoms with Crippen LogP contribution in [0, 0.1) is 6.92 Å². The molecule has 0 bridgehead atoms. The highest BCUT2D eigenvalue weighted by atomic mass is 35.5. The highest BCUT2D eigenvalue weighted by molar-refractivity contribution is 7.14. The van der Waals surface area contributed by atoms with E-state index in [-0.39, 0.29) is 11.7 Å². The molecule has 1 aromatic carbocycles. The molecule has 0 radical (unpaired) electrons. The predicted octanol–water partition coefficient (Wildman–Crippen LogP) is 3.94. The zero-order valence-electron chi connectivity index (χ0n) is 14.3. The summed E-state index contributed by atoms with van der Waals surface area (Å²) in [6.07, 6.45) is 0. The number of ether oxygens (including phenoxy) is 1. The SMILES string of the molecule is Cc1c(C(=O)Nc2nc(CN3CCOCC3)cs2)oc2c(Cl)cccc12. The molecule has 1 aliphatic heterocycles. The van der Waals surface area contributed by atoms with Crippen molar-refractivity contribution in [3.8, 4) is 0 Å². The maximum Gasteiger partial charge on any atom is 0.293 e. The van der Waals surface area contributed by atoms with E-state index in [4.69, 9.17) is 20.8 Å². The van der Waals surface area contributed by atoms with Crippen molar-refractivity contribution in [3.63, 3.8) is 0 Å². The van der Waals surface area contributed by atoms with Crippen LogP contribution in [-0.2, 0) is 11.3 Å². The van der Waals surface area contributed by atoms with Crippen LogP contribution in [0.2, 0.25) is 5.02 Å². The minimum atomic E-state index is -0.318. The number of nitrogens with zero attached hydrogens (tertiary/aromatic N) is 2. The van der Waals surface area contributed by atoms with Gasteiger partial charge in [0, 0.05) is 36.0 Å². The molecule has 3 heterocycles. The van der Waals surface area contributed by atoms with Gasteiger partial charge in [-0.1, -0.05) is 23.7 Å². The molecule has 1 amide bonds. The van der Waals surface area contributed by atoms with E-state index in [2.05, 4.69) is 15.2 Å². The summed E-state index contributed by atoms with van der Waals surface area (Å²) in [4.78, 5) is 19.4. The number of carbonyl (C=O) groups excluding carboxylic acids is 1. The summed E-state index contributed by atoms with van der Waals surface area (Å²) in [6.45, 7) is 5.91. The number of morpholine rings is 1. The second-order valence-corrected chi connectivity index (χ2v) is 7.42. The van der Waals surface area contributed by atoms with Crippen LogP contribution in [0.4, 0.5) is 5.13 Å². The lowest BCUT2D eigenvalue weighted by Gasteiger charge is -2.25. The first kappa shape index (κ1) is 17.5. The molecule has 0 saturated carbocycles. The Balaban J connectivity index is 1.48. The number of aryl methyl sites for hydroxylation is 1. The van der Waals surface area contributed by atoms with Gasteiger partial charge in [-0.05, 0) is 13.0 Å². The molecule has 1 saturated heterocycles. The van der Waals surface area contributed by atoms with Crippen molar-refractivity contribution >= 4 is 44.9 Å². The van der Waals surface area contributed by atoms with E-state index in [0.29, 0.717) is 15.7 Å². The number of benzene rings is 1. The fourth-order valence-corrected chi connectivity index (χ4v) is 3.91. The second-order valence-electron chi connectivity index (χ2n) is 6.16. The molecule has 0 unspecified atom stereocenters. The molecule has 26 heavy (non-hydrogen) atoms. The Hall–Kier alpha value is -1.93. The molecule has 0 aliphatic carbocycles. The molecule has 4 rings (SSSR count). The Morgan fingerprint density at radius 2 is 2.19 bits per heavy atom. The fraction of sp³-hybridized carbons (Fsp3) is 0.333. The van der Waals surface area contributed by atoms with Crippen molar-refractivity contribution in [1.82, 2.24) is 9.88 Å². The number of furan rings is 1. The monoisotopic (exact) mass is 391 g/mol. The summed E-state index contributed by atoms with van der Waals surface area (Å²) in [6, 6.07) is 5.47. The Bertz CT molecular complexity index is 946. The molecule has 0 spiro atoms. The first-order chi connectivity index (χ1) is 12.6. The van der Waals surface area contributed by atoms with Crippen LogP contribution in [0.25, 0.3) is 11.0 Å². The largest absolute Gasteiger partial charge is 0.449 e. The van der Waals surface area contributed by atoms with E-state index in [1.807, 2.05) is 24.4 Å². The average Bonchev–Trinajstić information content (AvgIpc) is 3.21. The molecule has 6 nitrogen and oxygen atoms in total. The molecule has 136 valence electrons. The molecule has 2 aromatic heterocycles. The Kier molecular flexibility index (Phi) is 4.95. The zero-order valence-corrected chi connectivity index (χ0v) is 15.8. The number of carbonyl (C=O) groups is 1. The minimum Gasteiger partial charge on any atom is -0.449 e. The number of hydrogen-bond donors (Lipinski definition) is 1. The first-order valence-corrected chi connectivity index (χ1v) is 9.61. The summed E-state index contributed by atoms with van der Waals surface area (Å²) < 4.78 is 11.1. The molecule has 0 atom stereocenters. The number of anilines is 1. The molecule has 1 fully saturated rings. The second kappa shape index (κ2) is 7.36. The highest BCUT2D eigenvalue weighted by Crippen LogP contribution is 2.31. The quantitative estimate of drug-likeness (QED) is 0.729. The van der Waals surface area contributed by atoms with Crippen molar-refractivity contribution in [2.45, 2.75) is 13.5 Å². The lowest BCUT2D eigenvalue weighted by Crippen LogP contribution is -2.35. The normalized spacial score (nSPS) is 15.5. The average molecular weight is 392 g/mol. The van der Waals surface area contributed by atoms with Gasteiger partial charge in [-0.25, -0.2) is 4.98 Å². The number of aromatic nitrogens is 1. The van der Waals surface area contributed by atoms with Crippen molar-refractivity contribution in [3.05, 3.63) is 45.6 Å². The van der Waals surface area contributed by atoms with Crippen LogP contribution in [-0.4, -0.2) is 42.1 Å². The van der Waals surface area contributed by atoms with Gasteiger partial charge < -0.3 is 9.15 Å². The molecule has 1 aliphatic rings. The van der Waals surface area contributed by atoms with Gasteiger partial charge in [0.15, 0.2) is 16.5 Å². The van der Waals surface area contributed by atoms with E-state index >= 15 is 0 Å². The number of rotatable bonds is 4. The van der Waals surface area contributed by atoms with Crippen LogP contribution < -0.4 is 5.32 Å². The molecule has 8 heteroatoms. The lowest BCUT2D eigenvalue weighted by atomic mass is 10.1. The van der Waals surface area contributed by atoms with E-state index in [1.54, 1.807) is 6.07 Å². The highest BCUT2D eigenvalue weighted by Gasteiger charge is 2.20. The van der Waals surface area contributed by atoms with Gasteiger partial charge in [-0.15, -0.1) is 11.3 Å². The number of para-hydroxylation sites is 1. The summed E-state index contributed by atoms with van der Waals surface area (Å²) in [5.74, 6) is -0.0555. The molecular formula is C18H18ClN3O3S. The maximum atomic E-state index is 12.6. The fourth-order valence-electron chi connectivity index (χ4n) is 3.00. The van der Waals surface area contributed by atoms with E-state index in [9.17, 15) is 4.79 Å². The molecular weight excluding hydrogens is 374 g/mol. The van der Waals surface area contributed by atoms with Gasteiger partial charge in [-0.3, -0.25) is 15.0 Å². The lowest BCUT2D eigenvalue weighted by molar-refractivity contribution is 0.0337. The smallest absolute Gasteiger partial charge is 0.293 e. The number of halogens is 1. The predicted molar refractivity (Wildman–Crippen MR) is 102 cm³/mol. The van der Waals surface area contributed by atoms with Crippen LogP contribution in [0.3, 0.4) is 0 Å². The van der Waals surface area contributed by atoms with E-state index in [0.717, 1.165) is 49.5 Å². The zero-order chi connectivity index (χ0) is 18.1. The maximum absolute atomic E-state index is 12.6. The van der Waals surface area contributed by atoms with Crippen LogP contribution in [0.1, 0.15) is 21.8 Å². The van der Waals surface area contributed by atoms with Crippen LogP contribution >= 0.6 is 22.9 Å². The third-order valence-corrected chi connectivity index (χ3v) is 5.49. The summed E-state index contributed by atoms with van der Waals surface area (Å²) in [5.41, 5.74) is 2.24. The van der Waals surface area contributed by atoms with Crippen molar-refractivity contribution in [1.29, 1.82) is 0 Å². The van der Waals surface area contributed by atoms with Gasteiger partial charge in [0.1, 0.15) is 0 Å². The number of fused-ring (bicyclic) bond motifs is 1. The van der Waals surface area contributed by atoms with E-state index < -0.39 is 0 Å². The third-order valence-electron chi connectivity index (χ3n) is 4.38. The first-order valence-electron chi connectivity index (χ1n) is 8.35. The minimum absolute atomic E-state index is 0.262. The number of amides is 1. The van der Waals surface area contributed by atoms with Gasteiger partial charge >= 0.3 is 0 Å². The number of hydrogen-bond acceptors (Lipinski definition) is 6. The standard InChI is InChI=1S/C18H18ClN3O3S/c1-11-13-3-2-4-14(19)16(13)25-15(11)17(23)21-18-20-12(10-26-18)9-22-5-7-24-8-6-22/h2-4,10H,5-9H2,1H3,(H,20,21,23). The Morgan fingerprint density at radius 3 is 2.96 bits per heavy atom. The van der Waals surface area contributed by atoms with Crippen molar-refractivity contribution < 1.29 is 13.9 Å².